The maximum absolute atomic E-state index is 12.8. The van der Waals surface area contributed by atoms with E-state index in [2.05, 4.69) is 29.0 Å². The second kappa shape index (κ2) is 8.19. The number of amides is 1. The zero-order valence-electron chi connectivity index (χ0n) is 16.3. The standard InChI is InChI=1S/C25H27NO2/c1-2-20-10-11-21-8-6-19(16-23(21)24(20)17-27)14-18-7-9-22(15-18)25(28)26-12-4-3-5-13-26/h1,6,8,10-11,16-18,22H,3-5,7,9,12-15H2. The van der Waals surface area contributed by atoms with Crippen molar-refractivity contribution in [1.29, 1.82) is 0 Å². The van der Waals surface area contributed by atoms with E-state index in [1.54, 1.807) is 0 Å². The van der Waals surface area contributed by atoms with Gasteiger partial charge >= 0.3 is 0 Å². The van der Waals surface area contributed by atoms with Crippen LogP contribution in [0.15, 0.2) is 30.3 Å². The summed E-state index contributed by atoms with van der Waals surface area (Å²) in [6, 6.07) is 10.1. The molecule has 0 radical (unpaired) electrons. The Balaban J connectivity index is 1.47. The van der Waals surface area contributed by atoms with Gasteiger partial charge in [-0.3, -0.25) is 9.59 Å². The third-order valence-corrected chi connectivity index (χ3v) is 6.48. The first-order chi connectivity index (χ1) is 13.7. The molecule has 2 aliphatic rings. The molecule has 4 rings (SSSR count). The molecule has 1 aliphatic carbocycles. The number of benzene rings is 2. The van der Waals surface area contributed by atoms with Crippen LogP contribution < -0.4 is 0 Å². The molecule has 2 aromatic carbocycles. The average Bonchev–Trinajstić information content (AvgIpc) is 3.21. The molecule has 144 valence electrons. The van der Waals surface area contributed by atoms with Gasteiger partial charge in [0.05, 0.1) is 0 Å². The number of likely N-dealkylation sites (tertiary alicyclic amines) is 1. The molecular weight excluding hydrogens is 346 g/mol. The number of carbonyl (C=O) groups excluding carboxylic acids is 2. The molecule has 0 N–H and O–H groups in total. The van der Waals surface area contributed by atoms with Gasteiger partial charge in [0.2, 0.25) is 5.91 Å². The van der Waals surface area contributed by atoms with Crippen molar-refractivity contribution >= 4 is 23.0 Å². The molecule has 0 aromatic heterocycles. The summed E-state index contributed by atoms with van der Waals surface area (Å²) in [6.07, 6.45) is 14.0. The van der Waals surface area contributed by atoms with Gasteiger partial charge in [-0.05, 0) is 73.3 Å². The fourth-order valence-electron chi connectivity index (χ4n) is 4.96. The fraction of sp³-hybridized carbons (Fsp3) is 0.440. The highest BCUT2D eigenvalue weighted by Gasteiger charge is 2.33. The van der Waals surface area contributed by atoms with E-state index >= 15 is 0 Å². The summed E-state index contributed by atoms with van der Waals surface area (Å²) >= 11 is 0. The molecule has 2 unspecified atom stereocenters. The lowest BCUT2D eigenvalue weighted by Crippen LogP contribution is -2.39. The number of fused-ring (bicyclic) bond motifs is 1. The van der Waals surface area contributed by atoms with E-state index in [-0.39, 0.29) is 5.92 Å². The Labute approximate surface area is 167 Å². The quantitative estimate of drug-likeness (QED) is 0.580. The van der Waals surface area contributed by atoms with Crippen molar-refractivity contribution in [3.63, 3.8) is 0 Å². The Morgan fingerprint density at radius 1 is 1.14 bits per heavy atom. The zero-order chi connectivity index (χ0) is 19.5. The molecule has 2 atom stereocenters. The van der Waals surface area contributed by atoms with Crippen molar-refractivity contribution in [2.45, 2.75) is 44.9 Å². The van der Waals surface area contributed by atoms with Crippen LogP contribution in [0.25, 0.3) is 10.8 Å². The lowest BCUT2D eigenvalue weighted by Gasteiger charge is -2.29. The largest absolute Gasteiger partial charge is 0.342 e. The van der Waals surface area contributed by atoms with Gasteiger partial charge in [-0.1, -0.05) is 30.2 Å². The minimum atomic E-state index is 0.196. The van der Waals surface area contributed by atoms with Crippen molar-refractivity contribution in [2.24, 2.45) is 11.8 Å². The molecule has 2 fully saturated rings. The van der Waals surface area contributed by atoms with Crippen LogP contribution >= 0.6 is 0 Å². The summed E-state index contributed by atoms with van der Waals surface area (Å²) in [5.74, 6) is 3.72. The van der Waals surface area contributed by atoms with Crippen molar-refractivity contribution < 1.29 is 9.59 Å². The molecule has 1 amide bonds. The molecule has 28 heavy (non-hydrogen) atoms. The SMILES string of the molecule is C#Cc1ccc2ccc(CC3CCC(C(=O)N4CCCCC4)C3)cc2c1C=O. The van der Waals surface area contributed by atoms with E-state index < -0.39 is 0 Å². The van der Waals surface area contributed by atoms with Crippen LogP contribution in [-0.2, 0) is 11.2 Å². The molecule has 1 saturated carbocycles. The molecule has 0 spiro atoms. The number of nitrogens with zero attached hydrogens (tertiary/aromatic N) is 1. The summed E-state index contributed by atoms with van der Waals surface area (Å²) in [7, 11) is 0. The van der Waals surface area contributed by atoms with Crippen LogP contribution in [0.4, 0.5) is 0 Å². The second-order valence-electron chi connectivity index (χ2n) is 8.31. The number of terminal acetylenes is 1. The summed E-state index contributed by atoms with van der Waals surface area (Å²) in [5.41, 5.74) is 2.47. The minimum Gasteiger partial charge on any atom is -0.342 e. The predicted molar refractivity (Wildman–Crippen MR) is 112 cm³/mol. The molecule has 1 saturated heterocycles. The first kappa shape index (κ1) is 18.7. The molecule has 1 heterocycles. The van der Waals surface area contributed by atoms with Gasteiger partial charge in [-0.2, -0.15) is 0 Å². The number of carbonyl (C=O) groups is 2. The highest BCUT2D eigenvalue weighted by molar-refractivity contribution is 6.00. The average molecular weight is 373 g/mol. The van der Waals surface area contributed by atoms with Gasteiger partial charge in [0.1, 0.15) is 0 Å². The number of hydrogen-bond donors (Lipinski definition) is 0. The molecule has 3 nitrogen and oxygen atoms in total. The molecule has 1 aliphatic heterocycles. The van der Waals surface area contributed by atoms with E-state index in [0.29, 0.717) is 23.0 Å². The maximum atomic E-state index is 12.8. The minimum absolute atomic E-state index is 0.196. The predicted octanol–water partition coefficient (Wildman–Crippen LogP) is 4.60. The number of hydrogen-bond acceptors (Lipinski definition) is 2. The summed E-state index contributed by atoms with van der Waals surface area (Å²) in [4.78, 5) is 26.5. The topological polar surface area (TPSA) is 37.4 Å². The van der Waals surface area contributed by atoms with E-state index in [0.717, 1.165) is 68.7 Å². The maximum Gasteiger partial charge on any atom is 0.225 e. The van der Waals surface area contributed by atoms with Gasteiger partial charge < -0.3 is 4.90 Å². The van der Waals surface area contributed by atoms with E-state index in [1.807, 2.05) is 12.1 Å². The molecule has 3 heteroatoms. The lowest BCUT2D eigenvalue weighted by molar-refractivity contribution is -0.136. The van der Waals surface area contributed by atoms with E-state index in [9.17, 15) is 9.59 Å². The van der Waals surface area contributed by atoms with Gasteiger partial charge in [0, 0.05) is 30.1 Å². The van der Waals surface area contributed by atoms with Crippen LogP contribution in [0.3, 0.4) is 0 Å². The van der Waals surface area contributed by atoms with Crippen molar-refractivity contribution in [3.05, 3.63) is 47.0 Å². The third-order valence-electron chi connectivity index (χ3n) is 6.48. The van der Waals surface area contributed by atoms with E-state index in [1.165, 1.54) is 12.0 Å². The van der Waals surface area contributed by atoms with Crippen LogP contribution in [0, 0.1) is 24.2 Å². The molecule has 2 aromatic rings. The van der Waals surface area contributed by atoms with Crippen LogP contribution in [-0.4, -0.2) is 30.2 Å². The van der Waals surface area contributed by atoms with Gasteiger partial charge in [0.15, 0.2) is 6.29 Å². The smallest absolute Gasteiger partial charge is 0.225 e. The zero-order valence-corrected chi connectivity index (χ0v) is 16.3. The van der Waals surface area contributed by atoms with Crippen LogP contribution in [0.2, 0.25) is 0 Å². The van der Waals surface area contributed by atoms with Crippen LogP contribution in [0.5, 0.6) is 0 Å². The summed E-state index contributed by atoms with van der Waals surface area (Å²) in [5, 5.41) is 1.97. The Morgan fingerprint density at radius 3 is 2.68 bits per heavy atom. The van der Waals surface area contributed by atoms with Crippen molar-refractivity contribution in [2.75, 3.05) is 13.1 Å². The number of aldehydes is 1. The highest BCUT2D eigenvalue weighted by Crippen LogP contribution is 2.35. The molecular formula is C25H27NO2. The lowest BCUT2D eigenvalue weighted by atomic mass is 9.92. The highest BCUT2D eigenvalue weighted by atomic mass is 16.2. The number of rotatable bonds is 4. The van der Waals surface area contributed by atoms with Gasteiger partial charge in [0.25, 0.3) is 0 Å². The summed E-state index contributed by atoms with van der Waals surface area (Å²) < 4.78 is 0. The normalized spacial score (nSPS) is 22.2. The first-order valence-electron chi connectivity index (χ1n) is 10.5. The first-order valence-corrected chi connectivity index (χ1v) is 10.5. The third kappa shape index (κ3) is 3.69. The summed E-state index contributed by atoms with van der Waals surface area (Å²) in [6.45, 7) is 1.88. The molecule has 0 bridgehead atoms. The number of piperidine rings is 1. The van der Waals surface area contributed by atoms with E-state index in [4.69, 9.17) is 6.42 Å². The van der Waals surface area contributed by atoms with Crippen LogP contribution in [0.1, 0.15) is 60.0 Å². The van der Waals surface area contributed by atoms with Crippen molar-refractivity contribution in [1.82, 2.24) is 4.90 Å². The van der Waals surface area contributed by atoms with Gasteiger partial charge in [-0.25, -0.2) is 0 Å². The monoisotopic (exact) mass is 373 g/mol. The van der Waals surface area contributed by atoms with Crippen molar-refractivity contribution in [3.8, 4) is 12.3 Å². The second-order valence-corrected chi connectivity index (χ2v) is 8.31. The Hall–Kier alpha value is -2.60. The fourth-order valence-corrected chi connectivity index (χ4v) is 4.96. The van der Waals surface area contributed by atoms with Gasteiger partial charge in [-0.15, -0.1) is 6.42 Å². The Morgan fingerprint density at radius 2 is 1.93 bits per heavy atom. The Kier molecular flexibility index (Phi) is 5.48. The Bertz CT molecular complexity index is 933.